The molecular weight excluding hydrogens is 241 g/mol. The van der Waals surface area contributed by atoms with Crippen LogP contribution in [0.1, 0.15) is 24.4 Å². The summed E-state index contributed by atoms with van der Waals surface area (Å²) in [5.74, 6) is 0. The van der Waals surface area contributed by atoms with Gasteiger partial charge in [0, 0.05) is 11.3 Å². The van der Waals surface area contributed by atoms with Gasteiger partial charge in [0.2, 0.25) is 0 Å². The fraction of sp³-hybridized carbons (Fsp3) is 0.500. The maximum atomic E-state index is 12.2. The Hall–Kier alpha value is -0.300. The van der Waals surface area contributed by atoms with E-state index in [1.165, 1.54) is 12.0 Å². The molecule has 2 rings (SSSR count). The SMILES string of the molecule is CP(C)(=O)c1ccccc1[C@@H]1CCCN1.Cl. The van der Waals surface area contributed by atoms with E-state index >= 15 is 0 Å². The van der Waals surface area contributed by atoms with Crippen LogP contribution in [-0.2, 0) is 4.57 Å². The highest BCUT2D eigenvalue weighted by Crippen LogP contribution is 2.38. The smallest absolute Gasteiger partial charge is 0.110 e. The van der Waals surface area contributed by atoms with E-state index in [0.29, 0.717) is 6.04 Å². The Balaban J connectivity index is 0.00000128. The Labute approximate surface area is 104 Å². The summed E-state index contributed by atoms with van der Waals surface area (Å²) in [6.07, 6.45) is 2.38. The summed E-state index contributed by atoms with van der Waals surface area (Å²) in [6, 6.07) is 8.55. The van der Waals surface area contributed by atoms with Crippen molar-refractivity contribution in [3.8, 4) is 0 Å². The van der Waals surface area contributed by atoms with Gasteiger partial charge in [-0.2, -0.15) is 0 Å². The minimum absolute atomic E-state index is 0. The van der Waals surface area contributed by atoms with Crippen molar-refractivity contribution in [1.29, 1.82) is 0 Å². The van der Waals surface area contributed by atoms with E-state index in [0.717, 1.165) is 18.3 Å². The number of hydrogen-bond acceptors (Lipinski definition) is 2. The first-order valence-electron chi connectivity index (χ1n) is 5.47. The second-order valence-corrected chi connectivity index (χ2v) is 7.74. The van der Waals surface area contributed by atoms with Gasteiger partial charge in [0.25, 0.3) is 0 Å². The average molecular weight is 260 g/mol. The molecule has 1 atom stereocenters. The highest BCUT2D eigenvalue weighted by atomic mass is 35.5. The molecular formula is C12H19ClNOP. The molecule has 2 nitrogen and oxygen atoms in total. The number of rotatable bonds is 2. The van der Waals surface area contributed by atoms with Gasteiger partial charge < -0.3 is 9.88 Å². The van der Waals surface area contributed by atoms with Crippen LogP contribution < -0.4 is 10.6 Å². The van der Waals surface area contributed by atoms with E-state index in [2.05, 4.69) is 11.4 Å². The van der Waals surface area contributed by atoms with Gasteiger partial charge in [0.05, 0.1) is 0 Å². The van der Waals surface area contributed by atoms with Crippen molar-refractivity contribution in [2.45, 2.75) is 18.9 Å². The number of benzene rings is 1. The van der Waals surface area contributed by atoms with Gasteiger partial charge in [-0.3, -0.25) is 0 Å². The van der Waals surface area contributed by atoms with Crippen LogP contribution in [-0.4, -0.2) is 19.9 Å². The predicted molar refractivity (Wildman–Crippen MR) is 72.8 cm³/mol. The zero-order valence-corrected chi connectivity index (χ0v) is 11.5. The van der Waals surface area contributed by atoms with Gasteiger partial charge in [0.1, 0.15) is 7.14 Å². The predicted octanol–water partition coefficient (Wildman–Crippen LogP) is 2.78. The topological polar surface area (TPSA) is 29.1 Å². The van der Waals surface area contributed by atoms with Crippen molar-refractivity contribution < 1.29 is 4.57 Å². The summed E-state index contributed by atoms with van der Waals surface area (Å²) >= 11 is 0. The molecule has 0 bridgehead atoms. The van der Waals surface area contributed by atoms with Gasteiger partial charge in [-0.1, -0.05) is 24.3 Å². The molecule has 1 saturated heterocycles. The van der Waals surface area contributed by atoms with Crippen LogP contribution in [0.4, 0.5) is 0 Å². The molecule has 0 aliphatic carbocycles. The summed E-state index contributed by atoms with van der Waals surface area (Å²) in [5, 5.41) is 4.51. The molecule has 4 heteroatoms. The molecule has 0 aromatic heterocycles. The molecule has 0 unspecified atom stereocenters. The highest BCUT2D eigenvalue weighted by Gasteiger charge is 2.23. The lowest BCUT2D eigenvalue weighted by Crippen LogP contribution is -2.20. The van der Waals surface area contributed by atoms with Crippen LogP contribution in [0.5, 0.6) is 0 Å². The maximum Gasteiger partial charge on any atom is 0.110 e. The number of hydrogen-bond donors (Lipinski definition) is 1. The van der Waals surface area contributed by atoms with E-state index in [1.54, 1.807) is 0 Å². The minimum atomic E-state index is -2.15. The van der Waals surface area contributed by atoms with Crippen molar-refractivity contribution >= 4 is 24.9 Å². The second-order valence-electron chi connectivity index (χ2n) is 4.56. The fourth-order valence-corrected chi connectivity index (χ4v) is 3.52. The molecule has 1 aromatic rings. The molecule has 1 N–H and O–H groups in total. The van der Waals surface area contributed by atoms with Crippen LogP contribution in [0.15, 0.2) is 24.3 Å². The molecule has 0 amide bonds. The van der Waals surface area contributed by atoms with Gasteiger partial charge in [-0.25, -0.2) is 0 Å². The Bertz CT molecular complexity index is 396. The quantitative estimate of drug-likeness (QED) is 0.828. The van der Waals surface area contributed by atoms with Crippen molar-refractivity contribution in [3.63, 3.8) is 0 Å². The lowest BCUT2D eigenvalue weighted by molar-refractivity contribution is 0.587. The van der Waals surface area contributed by atoms with Crippen LogP contribution in [0.2, 0.25) is 0 Å². The van der Waals surface area contributed by atoms with Crippen LogP contribution in [0, 0.1) is 0 Å². The first kappa shape index (κ1) is 13.8. The van der Waals surface area contributed by atoms with E-state index < -0.39 is 7.14 Å². The van der Waals surface area contributed by atoms with E-state index in [4.69, 9.17) is 0 Å². The minimum Gasteiger partial charge on any atom is -0.319 e. The molecule has 1 aliphatic rings. The van der Waals surface area contributed by atoms with Crippen molar-refractivity contribution in [2.24, 2.45) is 0 Å². The van der Waals surface area contributed by atoms with Crippen molar-refractivity contribution in [3.05, 3.63) is 29.8 Å². The molecule has 1 aliphatic heterocycles. The third kappa shape index (κ3) is 2.88. The lowest BCUT2D eigenvalue weighted by atomic mass is 10.1. The third-order valence-corrected chi connectivity index (χ3v) is 4.52. The van der Waals surface area contributed by atoms with E-state index in [9.17, 15) is 4.57 Å². The van der Waals surface area contributed by atoms with Gasteiger partial charge in [0.15, 0.2) is 0 Å². The Morgan fingerprint density at radius 1 is 1.31 bits per heavy atom. The van der Waals surface area contributed by atoms with Gasteiger partial charge >= 0.3 is 0 Å². The first-order valence-corrected chi connectivity index (χ1v) is 8.07. The van der Waals surface area contributed by atoms with Crippen molar-refractivity contribution in [1.82, 2.24) is 5.32 Å². The summed E-state index contributed by atoms with van der Waals surface area (Å²) < 4.78 is 12.2. The standard InChI is InChI=1S/C12H18NOP.ClH/c1-15(2,14)12-8-4-3-6-10(12)11-7-5-9-13-11;/h3-4,6,8,11,13H,5,7,9H2,1-2H3;1H/t11-;/m0./s1. The molecule has 0 radical (unpaired) electrons. The zero-order chi connectivity index (χ0) is 10.9. The highest BCUT2D eigenvalue weighted by molar-refractivity contribution is 7.70. The molecule has 0 saturated carbocycles. The van der Waals surface area contributed by atoms with Crippen LogP contribution >= 0.6 is 19.5 Å². The molecule has 16 heavy (non-hydrogen) atoms. The van der Waals surface area contributed by atoms with Crippen LogP contribution in [0.3, 0.4) is 0 Å². The summed E-state index contributed by atoms with van der Waals surface area (Å²) in [4.78, 5) is 0. The first-order chi connectivity index (χ1) is 7.09. The molecule has 1 aromatic carbocycles. The monoisotopic (exact) mass is 259 g/mol. The Kier molecular flexibility index (Phi) is 4.61. The van der Waals surface area contributed by atoms with Crippen molar-refractivity contribution in [2.75, 3.05) is 19.9 Å². The summed E-state index contributed by atoms with van der Waals surface area (Å²) in [7, 11) is -2.15. The average Bonchev–Trinajstić information content (AvgIpc) is 2.69. The molecule has 90 valence electrons. The fourth-order valence-electron chi connectivity index (χ4n) is 2.22. The molecule has 1 fully saturated rings. The van der Waals surface area contributed by atoms with Crippen LogP contribution in [0.25, 0.3) is 0 Å². The summed E-state index contributed by atoms with van der Waals surface area (Å²) in [6.45, 7) is 4.78. The zero-order valence-electron chi connectivity index (χ0n) is 9.77. The summed E-state index contributed by atoms with van der Waals surface area (Å²) in [5.41, 5.74) is 1.24. The molecule has 0 spiro atoms. The van der Waals surface area contributed by atoms with E-state index in [-0.39, 0.29) is 12.4 Å². The number of halogens is 1. The van der Waals surface area contributed by atoms with Gasteiger partial charge in [-0.05, 0) is 38.3 Å². The third-order valence-electron chi connectivity index (χ3n) is 2.95. The van der Waals surface area contributed by atoms with Gasteiger partial charge in [-0.15, -0.1) is 12.4 Å². The Morgan fingerprint density at radius 2 is 2.00 bits per heavy atom. The lowest BCUT2D eigenvalue weighted by Gasteiger charge is -2.18. The molecule has 1 heterocycles. The number of nitrogens with one attached hydrogen (secondary N) is 1. The Morgan fingerprint density at radius 3 is 2.56 bits per heavy atom. The maximum absolute atomic E-state index is 12.2. The van der Waals surface area contributed by atoms with E-state index in [1.807, 2.05) is 31.5 Å². The second kappa shape index (κ2) is 5.35. The normalized spacial score (nSPS) is 20.5. The largest absolute Gasteiger partial charge is 0.319 e.